The van der Waals surface area contributed by atoms with E-state index in [-0.39, 0.29) is 0 Å². The number of nitrogens with zero attached hydrogens (tertiary/aromatic N) is 4. The van der Waals surface area contributed by atoms with Gasteiger partial charge in [-0.25, -0.2) is 9.50 Å². The smallest absolute Gasteiger partial charge is 0.160 e. The van der Waals surface area contributed by atoms with Crippen LogP contribution < -0.4 is 5.46 Å². The van der Waals surface area contributed by atoms with Crippen molar-refractivity contribution in [2.45, 2.75) is 33.9 Å². The molecule has 0 amide bonds. The molecule has 0 fully saturated rings. The molecule has 0 atom stereocenters. The first-order chi connectivity index (χ1) is 11.5. The molecule has 0 saturated heterocycles. The first kappa shape index (κ1) is 15.0. The number of hydrogen-bond acceptors (Lipinski definition) is 3. The van der Waals surface area contributed by atoms with Crippen LogP contribution in [0.3, 0.4) is 0 Å². The summed E-state index contributed by atoms with van der Waals surface area (Å²) >= 11 is 0. The number of benzene rings is 1. The lowest BCUT2D eigenvalue weighted by Crippen LogP contribution is -2.20. The second-order valence-corrected chi connectivity index (χ2v) is 6.46. The Labute approximate surface area is 143 Å². The zero-order valence-electron chi connectivity index (χ0n) is 14.3. The van der Waals surface area contributed by atoms with E-state index in [0.717, 1.165) is 52.5 Å². The second-order valence-electron chi connectivity index (χ2n) is 6.46. The van der Waals surface area contributed by atoms with Gasteiger partial charge < -0.3 is 4.90 Å². The average Bonchev–Trinajstić information content (AvgIpc) is 3.12. The van der Waals surface area contributed by atoms with Crippen LogP contribution in [0.5, 0.6) is 0 Å². The fourth-order valence-electron chi connectivity index (χ4n) is 3.33. The van der Waals surface area contributed by atoms with E-state index in [1.807, 2.05) is 28.8 Å². The minimum absolute atomic E-state index is 0.739. The van der Waals surface area contributed by atoms with Gasteiger partial charge in [-0.05, 0) is 31.9 Å². The summed E-state index contributed by atoms with van der Waals surface area (Å²) in [6.45, 7) is 12.0. The fourth-order valence-corrected chi connectivity index (χ4v) is 3.33. The van der Waals surface area contributed by atoms with E-state index < -0.39 is 0 Å². The Balaban J connectivity index is 1.73. The molecule has 0 unspecified atom stereocenters. The molecule has 118 valence electrons. The first-order valence-corrected chi connectivity index (χ1v) is 8.10. The van der Waals surface area contributed by atoms with Crippen molar-refractivity contribution < 1.29 is 0 Å². The van der Waals surface area contributed by atoms with Gasteiger partial charge in [0, 0.05) is 29.2 Å². The van der Waals surface area contributed by atoms with Crippen molar-refractivity contribution >= 4 is 24.7 Å². The van der Waals surface area contributed by atoms with E-state index in [1.54, 1.807) is 0 Å². The van der Waals surface area contributed by atoms with Crippen molar-refractivity contribution in [3.05, 3.63) is 64.6 Å². The SMILES string of the molecule is [B]c1ccccc1C(=C)N1Cc2nn3c(C)c(C)c(C)nc3c2C1. The second kappa shape index (κ2) is 5.23. The van der Waals surface area contributed by atoms with E-state index in [9.17, 15) is 0 Å². The highest BCUT2D eigenvalue weighted by Gasteiger charge is 2.28. The molecule has 3 heterocycles. The highest BCUT2D eigenvalue weighted by atomic mass is 15.3. The Morgan fingerprint density at radius 2 is 1.92 bits per heavy atom. The summed E-state index contributed by atoms with van der Waals surface area (Å²) in [4.78, 5) is 6.99. The number of aromatic nitrogens is 3. The van der Waals surface area contributed by atoms with Crippen LogP contribution in [-0.2, 0) is 13.1 Å². The molecular weight excluding hydrogens is 295 g/mol. The molecule has 0 spiro atoms. The van der Waals surface area contributed by atoms with Crippen molar-refractivity contribution in [2.75, 3.05) is 0 Å². The van der Waals surface area contributed by atoms with Crippen LogP contribution in [0.4, 0.5) is 0 Å². The Bertz CT molecular complexity index is 987. The molecule has 3 aromatic rings. The van der Waals surface area contributed by atoms with Crippen molar-refractivity contribution in [1.29, 1.82) is 0 Å². The van der Waals surface area contributed by atoms with Crippen molar-refractivity contribution in [3.8, 4) is 0 Å². The normalized spacial score (nSPS) is 13.5. The van der Waals surface area contributed by atoms with Crippen LogP contribution in [0.1, 0.15) is 33.8 Å². The van der Waals surface area contributed by atoms with Crippen molar-refractivity contribution in [3.63, 3.8) is 0 Å². The van der Waals surface area contributed by atoms with Crippen molar-refractivity contribution in [1.82, 2.24) is 19.5 Å². The third-order valence-electron chi connectivity index (χ3n) is 5.06. The van der Waals surface area contributed by atoms with Gasteiger partial charge >= 0.3 is 0 Å². The van der Waals surface area contributed by atoms with E-state index in [1.165, 1.54) is 11.1 Å². The summed E-state index contributed by atoms with van der Waals surface area (Å²) in [5.74, 6) is 0. The fraction of sp³-hybridized carbons (Fsp3) is 0.263. The summed E-state index contributed by atoms with van der Waals surface area (Å²) in [5, 5.41) is 4.78. The maximum atomic E-state index is 6.10. The van der Waals surface area contributed by atoms with Gasteiger partial charge in [-0.3, -0.25) is 0 Å². The van der Waals surface area contributed by atoms with Gasteiger partial charge in [0.1, 0.15) is 7.85 Å². The summed E-state index contributed by atoms with van der Waals surface area (Å²) in [5.41, 5.74) is 9.31. The Morgan fingerprint density at radius 1 is 1.17 bits per heavy atom. The molecular formula is C19H19BN4. The van der Waals surface area contributed by atoms with Gasteiger partial charge in [-0.1, -0.05) is 36.3 Å². The Hall–Kier alpha value is -2.56. The van der Waals surface area contributed by atoms with E-state index in [2.05, 4.69) is 32.3 Å². The molecule has 24 heavy (non-hydrogen) atoms. The molecule has 0 N–H and O–H groups in total. The number of hydrogen-bond donors (Lipinski definition) is 0. The zero-order valence-corrected chi connectivity index (χ0v) is 14.3. The first-order valence-electron chi connectivity index (χ1n) is 8.10. The summed E-state index contributed by atoms with van der Waals surface area (Å²) in [7, 11) is 6.10. The highest BCUT2D eigenvalue weighted by Crippen LogP contribution is 2.31. The monoisotopic (exact) mass is 314 g/mol. The Kier molecular flexibility index (Phi) is 3.27. The molecule has 1 aromatic carbocycles. The zero-order chi connectivity index (χ0) is 17.0. The quantitative estimate of drug-likeness (QED) is 0.681. The van der Waals surface area contributed by atoms with Gasteiger partial charge in [-0.2, -0.15) is 5.10 Å². The maximum absolute atomic E-state index is 6.10. The predicted octanol–water partition coefficient (Wildman–Crippen LogP) is 2.43. The van der Waals surface area contributed by atoms with E-state index in [4.69, 9.17) is 17.9 Å². The standard InChI is InChI=1S/C19H19BN4/c1-11-12(2)21-19-16-9-23(10-18(16)22-24(19)13(11)3)14(4)15-7-5-6-8-17(15)20/h5-8H,4,9-10H2,1-3H3. The van der Waals surface area contributed by atoms with Gasteiger partial charge in [0.05, 0.1) is 12.2 Å². The van der Waals surface area contributed by atoms with E-state index in [0.29, 0.717) is 0 Å². The summed E-state index contributed by atoms with van der Waals surface area (Å²) in [6, 6.07) is 7.84. The molecule has 0 aliphatic carbocycles. The van der Waals surface area contributed by atoms with Crippen LogP contribution in [0.25, 0.3) is 11.3 Å². The largest absolute Gasteiger partial charge is 0.361 e. The molecule has 4 rings (SSSR count). The number of rotatable bonds is 2. The number of aryl methyl sites for hydroxylation is 2. The molecule has 0 saturated carbocycles. The lowest BCUT2D eigenvalue weighted by Gasteiger charge is -2.22. The topological polar surface area (TPSA) is 33.4 Å². The molecule has 5 heteroatoms. The summed E-state index contributed by atoms with van der Waals surface area (Å²) < 4.78 is 1.98. The summed E-state index contributed by atoms with van der Waals surface area (Å²) in [6.07, 6.45) is 0. The van der Waals surface area contributed by atoms with Crippen LogP contribution in [0.15, 0.2) is 30.8 Å². The Morgan fingerprint density at radius 3 is 2.67 bits per heavy atom. The molecule has 1 aliphatic heterocycles. The van der Waals surface area contributed by atoms with Crippen LogP contribution in [0.2, 0.25) is 0 Å². The van der Waals surface area contributed by atoms with Gasteiger partial charge in [0.15, 0.2) is 5.65 Å². The molecule has 2 aromatic heterocycles. The maximum Gasteiger partial charge on any atom is 0.160 e. The molecule has 1 aliphatic rings. The third kappa shape index (κ3) is 2.08. The van der Waals surface area contributed by atoms with Crippen molar-refractivity contribution in [2.24, 2.45) is 0 Å². The van der Waals surface area contributed by atoms with Crippen LogP contribution >= 0.6 is 0 Å². The molecule has 2 radical (unpaired) electrons. The molecule has 4 nitrogen and oxygen atoms in total. The minimum atomic E-state index is 0.739. The third-order valence-corrected chi connectivity index (χ3v) is 5.06. The lowest BCUT2D eigenvalue weighted by molar-refractivity contribution is 0.418. The molecule has 0 bridgehead atoms. The van der Waals surface area contributed by atoms with Crippen LogP contribution in [0, 0.1) is 20.8 Å². The van der Waals surface area contributed by atoms with E-state index >= 15 is 0 Å². The van der Waals surface area contributed by atoms with Gasteiger partial charge in [0.2, 0.25) is 0 Å². The minimum Gasteiger partial charge on any atom is -0.361 e. The van der Waals surface area contributed by atoms with Gasteiger partial charge in [-0.15, -0.1) is 0 Å². The van der Waals surface area contributed by atoms with Gasteiger partial charge in [0.25, 0.3) is 0 Å². The average molecular weight is 314 g/mol. The highest BCUT2D eigenvalue weighted by molar-refractivity contribution is 6.34. The number of fused-ring (bicyclic) bond motifs is 3. The van der Waals surface area contributed by atoms with Crippen LogP contribution in [-0.4, -0.2) is 27.3 Å². The predicted molar refractivity (Wildman–Crippen MR) is 97.3 cm³/mol. The lowest BCUT2D eigenvalue weighted by atomic mass is 9.89.